The number of nitro benzene ring substituents is 1. The molecule has 7 nitrogen and oxygen atoms in total. The number of anilines is 1. The first-order valence-corrected chi connectivity index (χ1v) is 5.76. The third kappa shape index (κ3) is 2.99. The van der Waals surface area contributed by atoms with Crippen LogP contribution >= 0.6 is 0 Å². The molecule has 0 atom stereocenters. The molecular formula is C11H11F2N3O4. The number of ether oxygens (including phenoxy) is 1. The molecule has 1 fully saturated rings. The number of halogens is 2. The highest BCUT2D eigenvalue weighted by molar-refractivity contribution is 5.89. The Morgan fingerprint density at radius 3 is 2.55 bits per heavy atom. The molecule has 0 aromatic heterocycles. The Morgan fingerprint density at radius 1 is 1.30 bits per heavy atom. The van der Waals surface area contributed by atoms with Crippen molar-refractivity contribution in [2.45, 2.75) is 0 Å². The maximum atomic E-state index is 13.5. The minimum Gasteiger partial charge on any atom is -0.378 e. The van der Waals surface area contributed by atoms with Gasteiger partial charge in [-0.2, -0.15) is 4.39 Å². The average Bonchev–Trinajstić information content (AvgIpc) is 2.42. The van der Waals surface area contributed by atoms with Gasteiger partial charge in [0.05, 0.1) is 23.8 Å². The van der Waals surface area contributed by atoms with Crippen molar-refractivity contribution in [3.63, 3.8) is 0 Å². The third-order valence-corrected chi connectivity index (χ3v) is 2.77. The number of nitrogens with one attached hydrogen (secondary N) is 1. The number of nitro groups is 1. The molecule has 1 saturated heterocycles. The van der Waals surface area contributed by atoms with Crippen molar-refractivity contribution in [3.05, 3.63) is 33.9 Å². The summed E-state index contributed by atoms with van der Waals surface area (Å²) in [6.45, 7) is 1.38. The molecule has 20 heavy (non-hydrogen) atoms. The Hall–Kier alpha value is -2.29. The van der Waals surface area contributed by atoms with E-state index in [4.69, 9.17) is 4.74 Å². The Labute approximate surface area is 112 Å². The summed E-state index contributed by atoms with van der Waals surface area (Å²) in [5.41, 5.74) is -1.33. The summed E-state index contributed by atoms with van der Waals surface area (Å²) in [5.74, 6) is -2.37. The average molecular weight is 287 g/mol. The second-order valence-electron chi connectivity index (χ2n) is 4.07. The van der Waals surface area contributed by atoms with Crippen molar-refractivity contribution in [1.82, 2.24) is 4.90 Å². The van der Waals surface area contributed by atoms with E-state index >= 15 is 0 Å². The number of hydrogen-bond acceptors (Lipinski definition) is 4. The highest BCUT2D eigenvalue weighted by Crippen LogP contribution is 2.25. The van der Waals surface area contributed by atoms with Crippen LogP contribution in [-0.2, 0) is 4.74 Å². The smallest absolute Gasteiger partial charge is 0.322 e. The van der Waals surface area contributed by atoms with Gasteiger partial charge in [0.15, 0.2) is 0 Å². The topological polar surface area (TPSA) is 84.7 Å². The van der Waals surface area contributed by atoms with E-state index in [9.17, 15) is 23.7 Å². The Kier molecular flexibility index (Phi) is 4.08. The number of urea groups is 1. The standard InChI is InChI=1S/C11H11F2N3O4/c12-7-5-8(13)10(16(18)19)6-9(7)14-11(17)15-1-3-20-4-2-15/h5-6H,1-4H2,(H,14,17). The molecule has 0 spiro atoms. The van der Waals surface area contributed by atoms with Gasteiger partial charge in [-0.05, 0) is 0 Å². The van der Waals surface area contributed by atoms with Gasteiger partial charge >= 0.3 is 11.7 Å². The van der Waals surface area contributed by atoms with Gasteiger partial charge in [0, 0.05) is 25.2 Å². The first-order chi connectivity index (χ1) is 9.49. The number of morpholine rings is 1. The number of nitrogens with zero attached hydrogens (tertiary/aromatic N) is 2. The summed E-state index contributed by atoms with van der Waals surface area (Å²) in [6.07, 6.45) is 0. The van der Waals surface area contributed by atoms with Gasteiger partial charge < -0.3 is 15.0 Å². The highest BCUT2D eigenvalue weighted by atomic mass is 19.1. The molecule has 108 valence electrons. The van der Waals surface area contributed by atoms with Crippen LogP contribution in [0.4, 0.5) is 25.0 Å². The maximum Gasteiger partial charge on any atom is 0.322 e. The second kappa shape index (κ2) is 5.78. The van der Waals surface area contributed by atoms with Crippen LogP contribution in [-0.4, -0.2) is 42.2 Å². The van der Waals surface area contributed by atoms with E-state index in [1.54, 1.807) is 0 Å². The lowest BCUT2D eigenvalue weighted by Crippen LogP contribution is -2.43. The number of carbonyl (C=O) groups excluding carboxylic acids is 1. The molecule has 1 aliphatic heterocycles. The Morgan fingerprint density at radius 2 is 1.95 bits per heavy atom. The summed E-state index contributed by atoms with van der Waals surface area (Å²) >= 11 is 0. The first-order valence-electron chi connectivity index (χ1n) is 5.76. The quantitative estimate of drug-likeness (QED) is 0.663. The fourth-order valence-corrected chi connectivity index (χ4v) is 1.73. The van der Waals surface area contributed by atoms with Crippen molar-refractivity contribution >= 4 is 17.4 Å². The predicted octanol–water partition coefficient (Wildman–Crippen LogP) is 1.74. The van der Waals surface area contributed by atoms with Gasteiger partial charge in [-0.25, -0.2) is 9.18 Å². The van der Waals surface area contributed by atoms with Crippen molar-refractivity contribution in [3.8, 4) is 0 Å². The molecule has 0 radical (unpaired) electrons. The van der Waals surface area contributed by atoms with Crippen LogP contribution in [0.2, 0.25) is 0 Å². The van der Waals surface area contributed by atoms with Crippen LogP contribution in [0, 0.1) is 21.7 Å². The normalized spacial score (nSPS) is 15.0. The molecule has 1 aromatic rings. The molecule has 1 heterocycles. The molecule has 1 aliphatic rings. The molecule has 2 amide bonds. The summed E-state index contributed by atoms with van der Waals surface area (Å²) < 4.78 is 31.7. The zero-order valence-electron chi connectivity index (χ0n) is 10.3. The maximum absolute atomic E-state index is 13.5. The lowest BCUT2D eigenvalue weighted by atomic mass is 10.2. The van der Waals surface area contributed by atoms with Crippen LogP contribution in [0.5, 0.6) is 0 Å². The lowest BCUT2D eigenvalue weighted by molar-refractivity contribution is -0.387. The van der Waals surface area contributed by atoms with Crippen LogP contribution in [0.25, 0.3) is 0 Å². The molecule has 0 bridgehead atoms. The van der Waals surface area contributed by atoms with E-state index in [0.717, 1.165) is 0 Å². The van der Waals surface area contributed by atoms with E-state index in [-0.39, 0.29) is 0 Å². The molecule has 2 rings (SSSR count). The van der Waals surface area contributed by atoms with Crippen molar-refractivity contribution in [1.29, 1.82) is 0 Å². The van der Waals surface area contributed by atoms with E-state index in [0.29, 0.717) is 38.4 Å². The summed E-state index contributed by atoms with van der Waals surface area (Å²) in [5, 5.41) is 12.8. The van der Waals surface area contributed by atoms with E-state index in [2.05, 4.69) is 5.32 Å². The molecule has 9 heteroatoms. The van der Waals surface area contributed by atoms with Gasteiger partial charge in [-0.15, -0.1) is 0 Å². The largest absolute Gasteiger partial charge is 0.378 e. The van der Waals surface area contributed by atoms with Gasteiger partial charge in [0.1, 0.15) is 5.82 Å². The SMILES string of the molecule is O=C(Nc1cc([N+](=O)[O-])c(F)cc1F)N1CCOCC1. The molecule has 0 unspecified atom stereocenters. The van der Waals surface area contributed by atoms with E-state index in [1.165, 1.54) is 4.90 Å². The third-order valence-electron chi connectivity index (χ3n) is 2.77. The molecule has 0 saturated carbocycles. The number of amides is 2. The molecule has 1 aromatic carbocycles. The van der Waals surface area contributed by atoms with E-state index < -0.39 is 34.0 Å². The zero-order valence-corrected chi connectivity index (χ0v) is 10.3. The van der Waals surface area contributed by atoms with Crippen molar-refractivity contribution in [2.24, 2.45) is 0 Å². The molecule has 0 aliphatic carbocycles. The van der Waals surface area contributed by atoms with Crippen LogP contribution < -0.4 is 5.32 Å². The second-order valence-corrected chi connectivity index (χ2v) is 4.07. The Bertz CT molecular complexity index is 547. The zero-order chi connectivity index (χ0) is 14.7. The van der Waals surface area contributed by atoms with E-state index in [1.807, 2.05) is 0 Å². The van der Waals surface area contributed by atoms with Gasteiger partial charge in [0.25, 0.3) is 0 Å². The van der Waals surface area contributed by atoms with Crippen LogP contribution in [0.3, 0.4) is 0 Å². The van der Waals surface area contributed by atoms with Crippen LogP contribution in [0.1, 0.15) is 0 Å². The minimum absolute atomic E-state index is 0.330. The van der Waals surface area contributed by atoms with Crippen molar-refractivity contribution < 1.29 is 23.2 Å². The Balaban J connectivity index is 2.18. The van der Waals surface area contributed by atoms with Gasteiger partial charge in [-0.3, -0.25) is 10.1 Å². The van der Waals surface area contributed by atoms with Crippen LogP contribution in [0.15, 0.2) is 12.1 Å². The molecule has 1 N–H and O–H groups in total. The number of carbonyl (C=O) groups is 1. The predicted molar refractivity (Wildman–Crippen MR) is 64.4 cm³/mol. The summed E-state index contributed by atoms with van der Waals surface area (Å²) in [7, 11) is 0. The first kappa shape index (κ1) is 14.1. The molecular weight excluding hydrogens is 276 g/mol. The van der Waals surface area contributed by atoms with Gasteiger partial charge in [-0.1, -0.05) is 0 Å². The number of benzene rings is 1. The van der Waals surface area contributed by atoms with Gasteiger partial charge in [0.2, 0.25) is 5.82 Å². The summed E-state index contributed by atoms with van der Waals surface area (Å²) in [4.78, 5) is 22.8. The fourth-order valence-electron chi connectivity index (χ4n) is 1.73. The monoisotopic (exact) mass is 287 g/mol. The number of hydrogen-bond donors (Lipinski definition) is 1. The summed E-state index contributed by atoms with van der Waals surface area (Å²) in [6, 6.07) is 0.406. The van der Waals surface area contributed by atoms with Crippen molar-refractivity contribution in [2.75, 3.05) is 31.6 Å². The fraction of sp³-hybridized carbons (Fsp3) is 0.364. The highest BCUT2D eigenvalue weighted by Gasteiger charge is 2.22. The lowest BCUT2D eigenvalue weighted by Gasteiger charge is -2.26. The number of rotatable bonds is 2. The minimum atomic E-state index is -1.29.